The lowest BCUT2D eigenvalue weighted by Crippen LogP contribution is -2.28. The number of halogens is 1. The van der Waals surface area contributed by atoms with E-state index in [9.17, 15) is 14.4 Å². The van der Waals surface area contributed by atoms with Crippen molar-refractivity contribution in [3.8, 4) is 11.5 Å². The molecule has 0 aliphatic rings. The predicted molar refractivity (Wildman–Crippen MR) is 108 cm³/mol. The fraction of sp³-hybridized carbons (Fsp3) is 0.333. The van der Waals surface area contributed by atoms with Crippen LogP contribution in [0.1, 0.15) is 30.2 Å². The highest BCUT2D eigenvalue weighted by molar-refractivity contribution is 9.10. The lowest BCUT2D eigenvalue weighted by molar-refractivity contribution is -0.121. The third-order valence-electron chi connectivity index (χ3n) is 3.80. The normalized spacial score (nSPS) is 10.9. The van der Waals surface area contributed by atoms with Gasteiger partial charge in [0.15, 0.2) is 11.5 Å². The summed E-state index contributed by atoms with van der Waals surface area (Å²) in [7, 11) is 1.55. The van der Waals surface area contributed by atoms with Crippen LogP contribution < -0.4 is 26.1 Å². The Hall–Kier alpha value is -2.88. The molecule has 2 rings (SSSR count). The number of methoxy groups -OCH3 is 1. The molecule has 0 unspecified atom stereocenters. The third-order valence-corrected chi connectivity index (χ3v) is 4.38. The van der Waals surface area contributed by atoms with E-state index in [4.69, 9.17) is 9.47 Å². The van der Waals surface area contributed by atoms with Crippen LogP contribution in [0.15, 0.2) is 31.3 Å². The molecule has 1 amide bonds. The predicted octanol–water partition coefficient (Wildman–Crippen LogP) is 1.62. The van der Waals surface area contributed by atoms with Crippen LogP contribution in [0.5, 0.6) is 11.5 Å². The number of benzene rings is 1. The van der Waals surface area contributed by atoms with E-state index < -0.39 is 11.2 Å². The molecule has 0 aliphatic heterocycles. The zero-order valence-corrected chi connectivity index (χ0v) is 17.3. The number of nitrogens with zero attached hydrogens (tertiary/aromatic N) is 1. The number of nitrogens with one attached hydrogen (secondary N) is 3. The van der Waals surface area contributed by atoms with Crippen molar-refractivity contribution >= 4 is 28.1 Å². The summed E-state index contributed by atoms with van der Waals surface area (Å²) in [6.07, 6.45) is 1.70. The molecular weight excluding hydrogens is 432 g/mol. The number of carbonyl (C=O) groups is 1. The largest absolute Gasteiger partial charge is 0.492 e. The molecule has 2 aromatic rings. The molecule has 150 valence electrons. The second kappa shape index (κ2) is 9.88. The van der Waals surface area contributed by atoms with Gasteiger partial charge in [0, 0.05) is 17.7 Å². The first-order chi connectivity index (χ1) is 13.3. The van der Waals surface area contributed by atoms with Gasteiger partial charge in [-0.2, -0.15) is 5.10 Å². The smallest absolute Gasteiger partial charge is 0.325 e. The summed E-state index contributed by atoms with van der Waals surface area (Å²) in [6.45, 7) is 3.95. The van der Waals surface area contributed by atoms with Gasteiger partial charge in [0.1, 0.15) is 0 Å². The summed E-state index contributed by atoms with van der Waals surface area (Å²) in [5.41, 5.74) is 2.84. The van der Waals surface area contributed by atoms with Crippen LogP contribution in [0.4, 0.5) is 0 Å². The van der Waals surface area contributed by atoms with E-state index in [0.717, 1.165) is 0 Å². The van der Waals surface area contributed by atoms with Crippen molar-refractivity contribution in [2.75, 3.05) is 13.7 Å². The maximum absolute atomic E-state index is 12.0. The zero-order valence-electron chi connectivity index (χ0n) is 15.7. The van der Waals surface area contributed by atoms with E-state index >= 15 is 0 Å². The Morgan fingerprint density at radius 2 is 2.07 bits per heavy atom. The maximum atomic E-state index is 12.0. The second-order valence-corrected chi connectivity index (χ2v) is 6.63. The Morgan fingerprint density at radius 3 is 2.71 bits per heavy atom. The van der Waals surface area contributed by atoms with Gasteiger partial charge in [0.05, 0.1) is 24.4 Å². The molecule has 0 saturated carbocycles. The number of aromatic nitrogens is 2. The minimum absolute atomic E-state index is 0.0454. The lowest BCUT2D eigenvalue weighted by Gasteiger charge is -2.11. The number of rotatable bonds is 8. The summed E-state index contributed by atoms with van der Waals surface area (Å²) in [4.78, 5) is 39.6. The number of aromatic amines is 2. The van der Waals surface area contributed by atoms with Crippen LogP contribution in [0.3, 0.4) is 0 Å². The average Bonchev–Trinajstić information content (AvgIpc) is 2.61. The van der Waals surface area contributed by atoms with E-state index in [1.54, 1.807) is 26.2 Å². The van der Waals surface area contributed by atoms with Crippen LogP contribution >= 0.6 is 15.9 Å². The fourth-order valence-corrected chi connectivity index (χ4v) is 3.15. The van der Waals surface area contributed by atoms with Gasteiger partial charge >= 0.3 is 5.69 Å². The third kappa shape index (κ3) is 5.56. The van der Waals surface area contributed by atoms with Crippen LogP contribution in [0, 0.1) is 6.92 Å². The molecule has 0 bridgehead atoms. The van der Waals surface area contributed by atoms with E-state index in [0.29, 0.717) is 39.4 Å². The fourth-order valence-electron chi connectivity index (χ4n) is 2.52. The molecule has 28 heavy (non-hydrogen) atoms. The van der Waals surface area contributed by atoms with Gasteiger partial charge in [-0.3, -0.25) is 14.6 Å². The Bertz CT molecular complexity index is 996. The highest BCUT2D eigenvalue weighted by atomic mass is 79.9. The monoisotopic (exact) mass is 452 g/mol. The second-order valence-electron chi connectivity index (χ2n) is 5.77. The van der Waals surface area contributed by atoms with Crippen LogP contribution in [0.2, 0.25) is 0 Å². The number of amides is 1. The molecule has 1 heterocycles. The number of hydrogen-bond donors (Lipinski definition) is 3. The SMILES string of the molecule is CCOc1cc(/C=N/NC(=O)CCc2c(C)[nH]c(=O)[nH]c2=O)cc(Br)c1OC. The van der Waals surface area contributed by atoms with Crippen molar-refractivity contribution in [1.82, 2.24) is 15.4 Å². The van der Waals surface area contributed by atoms with E-state index in [-0.39, 0.29) is 18.7 Å². The first-order valence-electron chi connectivity index (χ1n) is 8.50. The number of aryl methyl sites for hydroxylation is 1. The van der Waals surface area contributed by atoms with Gasteiger partial charge in [0.25, 0.3) is 5.56 Å². The van der Waals surface area contributed by atoms with E-state index in [2.05, 4.69) is 36.4 Å². The maximum Gasteiger partial charge on any atom is 0.325 e. The Balaban J connectivity index is 2.00. The number of H-pyrrole nitrogens is 2. The van der Waals surface area contributed by atoms with Crippen LogP contribution in [-0.2, 0) is 11.2 Å². The van der Waals surface area contributed by atoms with Gasteiger partial charge in [-0.05, 0) is 53.9 Å². The lowest BCUT2D eigenvalue weighted by atomic mass is 10.1. The van der Waals surface area contributed by atoms with E-state index in [1.807, 2.05) is 6.92 Å². The minimum Gasteiger partial charge on any atom is -0.492 e. The topological polar surface area (TPSA) is 126 Å². The number of ether oxygens (including phenoxy) is 2. The van der Waals surface area contributed by atoms with Gasteiger partial charge in [0.2, 0.25) is 5.91 Å². The molecular formula is C18H21BrN4O5. The molecule has 10 heteroatoms. The first-order valence-corrected chi connectivity index (χ1v) is 9.29. The Morgan fingerprint density at radius 1 is 1.32 bits per heavy atom. The highest BCUT2D eigenvalue weighted by Crippen LogP contribution is 2.36. The first kappa shape index (κ1) is 21.4. The molecule has 0 atom stereocenters. The number of hydrogen-bond acceptors (Lipinski definition) is 6. The summed E-state index contributed by atoms with van der Waals surface area (Å²) < 4.78 is 11.5. The highest BCUT2D eigenvalue weighted by Gasteiger charge is 2.11. The summed E-state index contributed by atoms with van der Waals surface area (Å²) in [6, 6.07) is 3.52. The molecule has 3 N–H and O–H groups in total. The molecule has 0 aliphatic carbocycles. The molecule has 1 aromatic carbocycles. The van der Waals surface area contributed by atoms with E-state index in [1.165, 1.54) is 6.21 Å². The average molecular weight is 453 g/mol. The number of carbonyl (C=O) groups excluding carboxylic acids is 1. The molecule has 0 spiro atoms. The molecule has 1 aromatic heterocycles. The van der Waals surface area contributed by atoms with Gasteiger partial charge in [-0.15, -0.1) is 0 Å². The Labute approximate surface area is 169 Å². The summed E-state index contributed by atoms with van der Waals surface area (Å²) in [5, 5.41) is 3.93. The van der Waals surface area contributed by atoms with Crippen molar-refractivity contribution in [1.29, 1.82) is 0 Å². The Kier molecular flexibility index (Phi) is 7.56. The minimum atomic E-state index is -0.572. The molecule has 9 nitrogen and oxygen atoms in total. The van der Waals surface area contributed by atoms with Crippen molar-refractivity contribution < 1.29 is 14.3 Å². The van der Waals surface area contributed by atoms with Crippen molar-refractivity contribution in [2.45, 2.75) is 26.7 Å². The van der Waals surface area contributed by atoms with Crippen molar-refractivity contribution in [3.05, 3.63) is 54.3 Å². The summed E-state index contributed by atoms with van der Waals surface area (Å²) in [5.74, 6) is 0.767. The van der Waals surface area contributed by atoms with Gasteiger partial charge < -0.3 is 14.5 Å². The standard InChI is InChI=1S/C18H21BrN4O5/c1-4-28-14-8-11(7-13(19)16(14)27-3)9-20-23-15(24)6-5-12-10(2)21-18(26)22-17(12)25/h7-9H,4-6H2,1-3H3,(H,23,24)(H2,21,22,25,26)/b20-9+. The zero-order chi connectivity index (χ0) is 20.7. The summed E-state index contributed by atoms with van der Waals surface area (Å²) >= 11 is 3.41. The van der Waals surface area contributed by atoms with Crippen LogP contribution in [0.25, 0.3) is 0 Å². The molecule has 0 radical (unpaired) electrons. The number of hydrazone groups is 1. The van der Waals surface area contributed by atoms with Crippen molar-refractivity contribution in [3.63, 3.8) is 0 Å². The molecule has 0 saturated heterocycles. The van der Waals surface area contributed by atoms with Gasteiger partial charge in [-0.1, -0.05) is 0 Å². The van der Waals surface area contributed by atoms with Crippen LogP contribution in [-0.4, -0.2) is 35.8 Å². The quantitative estimate of drug-likeness (QED) is 0.414. The van der Waals surface area contributed by atoms with Gasteiger partial charge in [-0.25, -0.2) is 10.2 Å². The van der Waals surface area contributed by atoms with Crippen molar-refractivity contribution in [2.24, 2.45) is 5.10 Å². The molecule has 0 fully saturated rings.